The Morgan fingerprint density at radius 1 is 0.316 bits per heavy atom. The summed E-state index contributed by atoms with van der Waals surface area (Å²) < 4.78 is 4.79. The highest BCUT2D eigenvalue weighted by Gasteiger charge is 2.19. The van der Waals surface area contributed by atoms with E-state index in [1.807, 2.05) is 0 Å². The van der Waals surface area contributed by atoms with Crippen LogP contribution in [0, 0.1) is 0 Å². The smallest absolute Gasteiger partial charge is 0.0635 e. The summed E-state index contributed by atoms with van der Waals surface area (Å²) in [5.74, 6) is 0. The van der Waals surface area contributed by atoms with Gasteiger partial charge in [0.2, 0.25) is 0 Å². The molecule has 0 unspecified atom stereocenters. The molecule has 0 bridgehead atoms. The van der Waals surface area contributed by atoms with E-state index in [4.69, 9.17) is 0 Å². The van der Waals surface area contributed by atoms with Crippen molar-refractivity contribution < 1.29 is 0 Å². The van der Waals surface area contributed by atoms with Crippen molar-refractivity contribution in [1.29, 1.82) is 0 Å². The molecule has 9 aromatic carbocycles. The maximum atomic E-state index is 2.44. The van der Waals surface area contributed by atoms with Crippen LogP contribution < -0.4 is 4.90 Å². The van der Waals surface area contributed by atoms with Crippen molar-refractivity contribution in [3.63, 3.8) is 0 Å². The van der Waals surface area contributed by atoms with Crippen LogP contribution in [0.2, 0.25) is 0 Å². The predicted molar refractivity (Wildman–Crippen MR) is 241 cm³/mol. The highest BCUT2D eigenvalue weighted by Crippen LogP contribution is 2.41. The summed E-state index contributed by atoms with van der Waals surface area (Å²) in [5.41, 5.74) is 13.9. The second kappa shape index (κ2) is 13.6. The quantitative estimate of drug-likeness (QED) is 0.159. The van der Waals surface area contributed by atoms with E-state index in [0.717, 1.165) is 28.4 Å². The lowest BCUT2D eigenvalue weighted by Crippen LogP contribution is -2.10. The van der Waals surface area contributed by atoms with E-state index in [1.165, 1.54) is 65.7 Å². The lowest BCUT2D eigenvalue weighted by molar-refractivity contribution is 1.13. The zero-order valence-corrected chi connectivity index (χ0v) is 31.2. The lowest BCUT2D eigenvalue weighted by atomic mass is 9.98. The molecule has 0 saturated carbocycles. The van der Waals surface area contributed by atoms with Crippen LogP contribution in [-0.4, -0.2) is 9.13 Å². The Morgan fingerprint density at radius 2 is 0.912 bits per heavy atom. The van der Waals surface area contributed by atoms with Crippen LogP contribution in [-0.2, 0) is 0 Å². The number of aromatic nitrogens is 2. The lowest BCUT2D eigenvalue weighted by Gasteiger charge is -2.26. The van der Waals surface area contributed by atoms with E-state index in [0.29, 0.717) is 0 Å². The van der Waals surface area contributed by atoms with Crippen molar-refractivity contribution in [3.05, 3.63) is 225 Å². The Kier molecular flexibility index (Phi) is 7.82. The zero-order chi connectivity index (χ0) is 37.7. The van der Waals surface area contributed by atoms with E-state index < -0.39 is 0 Å². The Morgan fingerprint density at radius 3 is 1.63 bits per heavy atom. The average Bonchev–Trinajstić information content (AvgIpc) is 3.87. The molecule has 0 aliphatic rings. The van der Waals surface area contributed by atoms with Gasteiger partial charge in [0, 0.05) is 50.8 Å². The predicted octanol–water partition coefficient (Wildman–Crippen LogP) is 14.7. The molecule has 0 amide bonds. The van der Waals surface area contributed by atoms with E-state index in [9.17, 15) is 0 Å². The molecule has 3 nitrogen and oxygen atoms in total. The van der Waals surface area contributed by atoms with Gasteiger partial charge in [-0.15, -0.1) is 0 Å². The van der Waals surface area contributed by atoms with Crippen molar-refractivity contribution in [2.24, 2.45) is 0 Å². The Bertz CT molecular complexity index is 3160. The van der Waals surface area contributed by atoms with Crippen molar-refractivity contribution in [2.75, 3.05) is 4.90 Å². The van der Waals surface area contributed by atoms with E-state index >= 15 is 0 Å². The van der Waals surface area contributed by atoms with E-state index in [1.54, 1.807) is 0 Å². The molecule has 0 saturated heterocycles. The van der Waals surface area contributed by atoms with Crippen molar-refractivity contribution >= 4 is 60.5 Å². The van der Waals surface area contributed by atoms with Crippen LogP contribution in [0.1, 0.15) is 0 Å². The minimum Gasteiger partial charge on any atom is -0.316 e. The topological polar surface area (TPSA) is 13.1 Å². The summed E-state index contributed by atoms with van der Waals surface area (Å²) in [6, 6.07) is 78.9. The molecule has 0 radical (unpaired) electrons. The maximum Gasteiger partial charge on any atom is 0.0635 e. The monoisotopic (exact) mass is 727 g/mol. The van der Waals surface area contributed by atoms with Crippen molar-refractivity contribution in [2.45, 2.75) is 0 Å². The van der Waals surface area contributed by atoms with E-state index in [-0.39, 0.29) is 0 Å². The van der Waals surface area contributed by atoms with Gasteiger partial charge in [-0.3, -0.25) is 0 Å². The molecule has 11 rings (SSSR count). The molecule has 268 valence electrons. The summed E-state index contributed by atoms with van der Waals surface area (Å²) in [7, 11) is 0. The van der Waals surface area contributed by atoms with Gasteiger partial charge < -0.3 is 14.0 Å². The minimum absolute atomic E-state index is 1.10. The van der Waals surface area contributed by atoms with Crippen molar-refractivity contribution in [3.8, 4) is 33.6 Å². The van der Waals surface area contributed by atoms with Crippen LogP contribution in [0.25, 0.3) is 77.1 Å². The maximum absolute atomic E-state index is 2.44. The molecule has 2 heterocycles. The molecular formula is C54H37N3. The van der Waals surface area contributed by atoms with Gasteiger partial charge in [0.25, 0.3) is 0 Å². The molecule has 0 aliphatic heterocycles. The third-order valence-corrected chi connectivity index (χ3v) is 11.3. The molecule has 57 heavy (non-hydrogen) atoms. The molecule has 0 spiro atoms. The molecular weight excluding hydrogens is 691 g/mol. The summed E-state index contributed by atoms with van der Waals surface area (Å²) in [6.07, 6.45) is 2.23. The van der Waals surface area contributed by atoms with Gasteiger partial charge in [0.15, 0.2) is 0 Å². The molecule has 2 aromatic heterocycles. The fourth-order valence-electron chi connectivity index (χ4n) is 8.61. The second-order valence-electron chi connectivity index (χ2n) is 14.7. The van der Waals surface area contributed by atoms with Gasteiger partial charge in [0.05, 0.1) is 16.6 Å². The largest absolute Gasteiger partial charge is 0.316 e. The molecule has 11 aromatic rings. The van der Waals surface area contributed by atoms with Crippen LogP contribution in [0.5, 0.6) is 0 Å². The summed E-state index contributed by atoms with van der Waals surface area (Å²) in [5, 5.41) is 6.14. The third kappa shape index (κ3) is 5.68. The highest BCUT2D eigenvalue weighted by molar-refractivity contribution is 6.18. The fraction of sp³-hybridized carbons (Fsp3) is 0. The van der Waals surface area contributed by atoms with Crippen LogP contribution in [0.15, 0.2) is 225 Å². The summed E-state index contributed by atoms with van der Waals surface area (Å²) in [6.45, 7) is 0. The van der Waals surface area contributed by atoms with Crippen LogP contribution in [0.3, 0.4) is 0 Å². The first kappa shape index (κ1) is 32.8. The SMILES string of the molecule is c1ccc(-c2cc(-c3ccccc3)cc(-n3ccc4c3ccc3c5ccccc5n(-c5ccc(N(c6ccccc6)c6ccc7ccccc7c6)cc5)c34)c2)cc1. The van der Waals surface area contributed by atoms with Gasteiger partial charge in [0.1, 0.15) is 0 Å². The first-order chi connectivity index (χ1) is 28.3. The van der Waals surface area contributed by atoms with Crippen LogP contribution >= 0.6 is 0 Å². The van der Waals surface area contributed by atoms with Gasteiger partial charge >= 0.3 is 0 Å². The number of para-hydroxylation sites is 2. The standard InChI is InChI=1S/C54H37N3/c1-4-14-38(15-5-1)42-34-43(39-16-6-2-7-17-39)37-48(36-42)55-33-32-51-52(55)31-30-50-49-22-12-13-23-53(49)57(54(50)51)46-28-26-45(27-29-46)56(44-20-8-3-9-21-44)47-25-24-40-18-10-11-19-41(40)35-47/h1-37H. The number of hydrogen-bond acceptors (Lipinski definition) is 1. The Hall–Kier alpha value is -7.62. The summed E-state index contributed by atoms with van der Waals surface area (Å²) >= 11 is 0. The number of benzene rings is 9. The normalized spacial score (nSPS) is 11.5. The Balaban J connectivity index is 1.07. The fourth-order valence-corrected chi connectivity index (χ4v) is 8.61. The van der Waals surface area contributed by atoms with Crippen LogP contribution in [0.4, 0.5) is 17.1 Å². The molecule has 0 fully saturated rings. The zero-order valence-electron chi connectivity index (χ0n) is 31.2. The Labute approximate surface area is 331 Å². The minimum atomic E-state index is 1.10. The number of anilines is 3. The first-order valence-corrected chi connectivity index (χ1v) is 19.5. The molecule has 0 aliphatic carbocycles. The van der Waals surface area contributed by atoms with Gasteiger partial charge in [-0.1, -0.05) is 133 Å². The number of rotatable bonds is 7. The first-order valence-electron chi connectivity index (χ1n) is 19.5. The van der Waals surface area contributed by atoms with Gasteiger partial charge in [-0.05, 0) is 118 Å². The van der Waals surface area contributed by atoms with E-state index in [2.05, 4.69) is 239 Å². The highest BCUT2D eigenvalue weighted by atomic mass is 15.1. The average molecular weight is 728 g/mol. The molecule has 0 N–H and O–H groups in total. The third-order valence-electron chi connectivity index (χ3n) is 11.3. The molecule has 3 heteroatoms. The number of hydrogen-bond donors (Lipinski definition) is 0. The van der Waals surface area contributed by atoms with Crippen molar-refractivity contribution in [1.82, 2.24) is 9.13 Å². The van der Waals surface area contributed by atoms with Gasteiger partial charge in [-0.2, -0.15) is 0 Å². The number of fused-ring (bicyclic) bond motifs is 6. The molecule has 0 atom stereocenters. The number of nitrogens with zero attached hydrogens (tertiary/aromatic N) is 3. The summed E-state index contributed by atoms with van der Waals surface area (Å²) in [4.78, 5) is 2.34. The van der Waals surface area contributed by atoms with Gasteiger partial charge in [-0.25, -0.2) is 0 Å². The second-order valence-corrected chi connectivity index (χ2v) is 14.7.